The molecule has 2 nitrogen and oxygen atoms in total. The van der Waals surface area contributed by atoms with Crippen molar-refractivity contribution < 1.29 is 4.79 Å². The van der Waals surface area contributed by atoms with E-state index >= 15 is 0 Å². The summed E-state index contributed by atoms with van der Waals surface area (Å²) in [7, 11) is 0. The first kappa shape index (κ1) is 11.8. The largest absolute Gasteiger partial charge is 0.294 e. The Morgan fingerprint density at radius 1 is 1.35 bits per heavy atom. The molecule has 17 heavy (non-hydrogen) atoms. The van der Waals surface area contributed by atoms with Gasteiger partial charge >= 0.3 is 0 Å². The van der Waals surface area contributed by atoms with Gasteiger partial charge in [0, 0.05) is 24.4 Å². The van der Waals surface area contributed by atoms with Crippen molar-refractivity contribution in [3.8, 4) is 0 Å². The molecule has 1 heterocycles. The molecule has 0 fully saturated rings. The van der Waals surface area contributed by atoms with Crippen LogP contribution in [0, 0.1) is 6.92 Å². The number of ketones is 1. The number of pyridine rings is 1. The Kier molecular flexibility index (Phi) is 3.55. The van der Waals surface area contributed by atoms with Gasteiger partial charge in [-0.1, -0.05) is 23.7 Å². The SMILES string of the molecule is Cc1ccc(C(=O)Cc2cccnc2)c(Cl)c1. The van der Waals surface area contributed by atoms with E-state index < -0.39 is 0 Å². The molecule has 0 aliphatic heterocycles. The Bertz CT molecular complexity index is 537. The van der Waals surface area contributed by atoms with Gasteiger partial charge in [0.2, 0.25) is 0 Å². The van der Waals surface area contributed by atoms with Crippen molar-refractivity contribution in [2.45, 2.75) is 13.3 Å². The van der Waals surface area contributed by atoms with Crippen molar-refractivity contribution in [3.63, 3.8) is 0 Å². The van der Waals surface area contributed by atoms with Gasteiger partial charge in [-0.15, -0.1) is 0 Å². The standard InChI is InChI=1S/C14H12ClNO/c1-10-4-5-12(13(15)7-10)14(17)8-11-3-2-6-16-9-11/h2-7,9H,8H2,1H3. The van der Waals surface area contributed by atoms with E-state index in [4.69, 9.17) is 11.6 Å². The van der Waals surface area contributed by atoms with Crippen LogP contribution in [-0.4, -0.2) is 10.8 Å². The zero-order valence-corrected chi connectivity index (χ0v) is 10.2. The molecule has 0 aliphatic rings. The summed E-state index contributed by atoms with van der Waals surface area (Å²) >= 11 is 6.05. The van der Waals surface area contributed by atoms with Gasteiger partial charge in [0.1, 0.15) is 0 Å². The molecule has 0 saturated heterocycles. The molecule has 0 unspecified atom stereocenters. The van der Waals surface area contributed by atoms with Gasteiger partial charge in [-0.25, -0.2) is 0 Å². The minimum Gasteiger partial charge on any atom is -0.294 e. The van der Waals surface area contributed by atoms with E-state index in [1.54, 1.807) is 24.5 Å². The van der Waals surface area contributed by atoms with Crippen molar-refractivity contribution in [2.75, 3.05) is 0 Å². The molecule has 1 aromatic heterocycles. The third-order valence-electron chi connectivity index (χ3n) is 2.51. The quantitative estimate of drug-likeness (QED) is 0.775. The third-order valence-corrected chi connectivity index (χ3v) is 2.83. The summed E-state index contributed by atoms with van der Waals surface area (Å²) in [5.41, 5.74) is 2.52. The Hall–Kier alpha value is -1.67. The highest BCUT2D eigenvalue weighted by atomic mass is 35.5. The van der Waals surface area contributed by atoms with Gasteiger partial charge in [-0.05, 0) is 36.2 Å². The van der Waals surface area contributed by atoms with E-state index in [0.29, 0.717) is 17.0 Å². The second-order valence-corrected chi connectivity index (χ2v) is 4.35. The van der Waals surface area contributed by atoms with Crippen LogP contribution in [-0.2, 0) is 6.42 Å². The number of hydrogen-bond acceptors (Lipinski definition) is 2. The lowest BCUT2D eigenvalue weighted by Crippen LogP contribution is -2.04. The second kappa shape index (κ2) is 5.11. The highest BCUT2D eigenvalue weighted by molar-refractivity contribution is 6.34. The predicted molar refractivity (Wildman–Crippen MR) is 68.5 cm³/mol. The molecule has 1 aromatic carbocycles. The molecule has 2 aromatic rings. The lowest BCUT2D eigenvalue weighted by atomic mass is 10.0. The molecule has 0 atom stereocenters. The van der Waals surface area contributed by atoms with Crippen LogP contribution >= 0.6 is 11.6 Å². The fourth-order valence-corrected chi connectivity index (χ4v) is 1.97. The fourth-order valence-electron chi connectivity index (χ4n) is 1.63. The summed E-state index contributed by atoms with van der Waals surface area (Å²) in [6.07, 6.45) is 3.71. The minimum atomic E-state index is 0.0167. The van der Waals surface area contributed by atoms with Gasteiger partial charge < -0.3 is 0 Å². The molecule has 0 bridgehead atoms. The third kappa shape index (κ3) is 2.92. The number of carbonyl (C=O) groups excluding carboxylic acids is 1. The van der Waals surface area contributed by atoms with Crippen molar-refractivity contribution >= 4 is 17.4 Å². The molecule has 0 N–H and O–H groups in total. The lowest BCUT2D eigenvalue weighted by molar-refractivity contribution is 0.0993. The Morgan fingerprint density at radius 2 is 2.18 bits per heavy atom. The first-order chi connectivity index (χ1) is 8.16. The second-order valence-electron chi connectivity index (χ2n) is 3.94. The van der Waals surface area contributed by atoms with E-state index in [2.05, 4.69) is 4.98 Å². The maximum Gasteiger partial charge on any atom is 0.168 e. The molecular formula is C14H12ClNO. The smallest absolute Gasteiger partial charge is 0.168 e. The monoisotopic (exact) mass is 245 g/mol. The molecule has 0 aliphatic carbocycles. The van der Waals surface area contributed by atoms with Gasteiger partial charge in [0.25, 0.3) is 0 Å². The van der Waals surface area contributed by atoms with Gasteiger partial charge in [-0.3, -0.25) is 9.78 Å². The maximum atomic E-state index is 12.0. The van der Waals surface area contributed by atoms with E-state index in [-0.39, 0.29) is 5.78 Å². The lowest BCUT2D eigenvalue weighted by Gasteiger charge is -2.04. The van der Waals surface area contributed by atoms with Crippen LogP contribution in [0.4, 0.5) is 0 Å². The molecule has 0 spiro atoms. The summed E-state index contributed by atoms with van der Waals surface area (Å²) < 4.78 is 0. The first-order valence-electron chi connectivity index (χ1n) is 5.35. The van der Waals surface area contributed by atoms with Crippen LogP contribution in [0.2, 0.25) is 5.02 Å². The number of nitrogens with zero attached hydrogens (tertiary/aromatic N) is 1. The summed E-state index contributed by atoms with van der Waals surface area (Å²) in [6, 6.07) is 9.17. The van der Waals surface area contributed by atoms with Crippen molar-refractivity contribution in [1.29, 1.82) is 0 Å². The van der Waals surface area contributed by atoms with Gasteiger partial charge in [0.05, 0.1) is 5.02 Å². The van der Waals surface area contributed by atoms with E-state index in [1.165, 1.54) is 0 Å². The average molecular weight is 246 g/mol. The van der Waals surface area contributed by atoms with Crippen LogP contribution in [0.25, 0.3) is 0 Å². The van der Waals surface area contributed by atoms with Crippen LogP contribution in [0.15, 0.2) is 42.7 Å². The van der Waals surface area contributed by atoms with E-state index in [0.717, 1.165) is 11.1 Å². The molecule has 2 rings (SSSR count). The number of hydrogen-bond donors (Lipinski definition) is 0. The van der Waals surface area contributed by atoms with Crippen molar-refractivity contribution in [2.24, 2.45) is 0 Å². The van der Waals surface area contributed by atoms with Gasteiger partial charge in [-0.2, -0.15) is 0 Å². The van der Waals surface area contributed by atoms with Crippen LogP contribution in [0.5, 0.6) is 0 Å². The highest BCUT2D eigenvalue weighted by Gasteiger charge is 2.10. The average Bonchev–Trinajstić information content (AvgIpc) is 2.30. The van der Waals surface area contributed by atoms with Crippen molar-refractivity contribution in [3.05, 3.63) is 64.4 Å². The van der Waals surface area contributed by atoms with E-state index in [1.807, 2.05) is 25.1 Å². The molecule has 3 heteroatoms. The number of benzene rings is 1. The topological polar surface area (TPSA) is 30.0 Å². The summed E-state index contributed by atoms with van der Waals surface area (Å²) in [4.78, 5) is 16.0. The Labute approximate surface area is 105 Å². The number of halogens is 1. The maximum absolute atomic E-state index is 12.0. The molecule has 0 radical (unpaired) electrons. The zero-order valence-electron chi connectivity index (χ0n) is 9.48. The Balaban J connectivity index is 2.21. The number of aryl methyl sites for hydroxylation is 1. The molecule has 0 amide bonds. The Morgan fingerprint density at radius 3 is 2.82 bits per heavy atom. The molecular weight excluding hydrogens is 234 g/mol. The number of Topliss-reactive ketones (excluding diaryl/α,β-unsaturated/α-hetero) is 1. The normalized spacial score (nSPS) is 10.2. The predicted octanol–water partition coefficient (Wildman–Crippen LogP) is 3.47. The van der Waals surface area contributed by atoms with Gasteiger partial charge in [0.15, 0.2) is 5.78 Å². The summed E-state index contributed by atoms with van der Waals surface area (Å²) in [5, 5.41) is 0.513. The van der Waals surface area contributed by atoms with Crippen LogP contribution in [0.1, 0.15) is 21.5 Å². The highest BCUT2D eigenvalue weighted by Crippen LogP contribution is 2.19. The number of aromatic nitrogens is 1. The summed E-state index contributed by atoms with van der Waals surface area (Å²) in [5.74, 6) is 0.0167. The minimum absolute atomic E-state index is 0.0167. The molecule has 0 saturated carbocycles. The van der Waals surface area contributed by atoms with Crippen molar-refractivity contribution in [1.82, 2.24) is 4.98 Å². The first-order valence-corrected chi connectivity index (χ1v) is 5.73. The number of carbonyl (C=O) groups is 1. The fraction of sp³-hybridized carbons (Fsp3) is 0.143. The molecule has 86 valence electrons. The van der Waals surface area contributed by atoms with Crippen LogP contribution in [0.3, 0.4) is 0 Å². The van der Waals surface area contributed by atoms with E-state index in [9.17, 15) is 4.79 Å². The zero-order chi connectivity index (χ0) is 12.3. The van der Waals surface area contributed by atoms with Crippen LogP contribution < -0.4 is 0 Å². The number of rotatable bonds is 3. The summed E-state index contributed by atoms with van der Waals surface area (Å²) in [6.45, 7) is 1.95.